The Kier molecular flexibility index (Phi) is 7.28. The highest BCUT2D eigenvalue weighted by Crippen LogP contribution is 2.29. The summed E-state index contributed by atoms with van der Waals surface area (Å²) in [7, 11) is 0. The molecule has 128 valence electrons. The fourth-order valence-electron chi connectivity index (χ4n) is 1.63. The average Bonchev–Trinajstić information content (AvgIpc) is 2.99. The van der Waals surface area contributed by atoms with Crippen molar-refractivity contribution in [2.45, 2.75) is 23.6 Å². The number of thioether (sulfide) groups is 2. The summed E-state index contributed by atoms with van der Waals surface area (Å²) in [6.07, 6.45) is 1.68. The number of halogens is 1. The second-order valence-corrected chi connectivity index (χ2v) is 8.15. The summed E-state index contributed by atoms with van der Waals surface area (Å²) in [5.41, 5.74) is 9.42. The van der Waals surface area contributed by atoms with E-state index in [0.717, 1.165) is 21.8 Å². The minimum atomic E-state index is -0.968. The van der Waals surface area contributed by atoms with Crippen LogP contribution in [0.3, 0.4) is 0 Å². The van der Waals surface area contributed by atoms with E-state index in [4.69, 9.17) is 10.8 Å². The van der Waals surface area contributed by atoms with Crippen molar-refractivity contribution in [3.05, 3.63) is 34.3 Å². The lowest BCUT2D eigenvalue weighted by Gasteiger charge is -2.11. The van der Waals surface area contributed by atoms with Gasteiger partial charge in [-0.2, -0.15) is 5.10 Å². The molecule has 0 amide bonds. The number of hydrazone groups is 1. The van der Waals surface area contributed by atoms with Crippen LogP contribution >= 0.6 is 39.5 Å². The van der Waals surface area contributed by atoms with Crippen LogP contribution < -0.4 is 11.2 Å². The molecule has 0 radical (unpaired) electrons. The molecule has 1 aliphatic heterocycles. The van der Waals surface area contributed by atoms with E-state index in [1.165, 1.54) is 11.8 Å². The third-order valence-corrected chi connectivity index (χ3v) is 5.55. The highest BCUT2D eigenvalue weighted by Gasteiger charge is 2.25. The van der Waals surface area contributed by atoms with Gasteiger partial charge in [0.15, 0.2) is 0 Å². The standard InChI is InChI=1S/C14H15BrN4O3S2/c15-9-3-1-8(2-4-9)7-17-13-18-19-14(24-13)23-12(22)10(16)5-6-11(20)21/h1-4,7,10,14,19H,5-6,16H2,(H,20,21). The smallest absolute Gasteiger partial charge is 0.303 e. The molecule has 1 aromatic carbocycles. The number of carbonyl (C=O) groups is 2. The van der Waals surface area contributed by atoms with Gasteiger partial charge in [-0.05, 0) is 47.6 Å². The first-order valence-electron chi connectivity index (χ1n) is 6.91. The van der Waals surface area contributed by atoms with Crippen molar-refractivity contribution in [2.24, 2.45) is 15.8 Å². The van der Waals surface area contributed by atoms with Crippen molar-refractivity contribution in [3.8, 4) is 0 Å². The summed E-state index contributed by atoms with van der Waals surface area (Å²) >= 11 is 5.66. The number of aliphatic imine (C=N–C) groups is 1. The van der Waals surface area contributed by atoms with Crippen molar-refractivity contribution in [1.29, 1.82) is 0 Å². The molecule has 0 bridgehead atoms. The van der Waals surface area contributed by atoms with Gasteiger partial charge in [0.1, 0.15) is 4.71 Å². The minimum Gasteiger partial charge on any atom is -0.481 e. The largest absolute Gasteiger partial charge is 0.481 e. The molecule has 2 unspecified atom stereocenters. The van der Waals surface area contributed by atoms with Gasteiger partial charge >= 0.3 is 5.97 Å². The Balaban J connectivity index is 1.78. The summed E-state index contributed by atoms with van der Waals surface area (Å²) in [6.45, 7) is 0. The lowest BCUT2D eigenvalue weighted by molar-refractivity contribution is -0.137. The predicted octanol–water partition coefficient (Wildman–Crippen LogP) is 2.21. The number of carbonyl (C=O) groups excluding carboxylic acids is 1. The lowest BCUT2D eigenvalue weighted by atomic mass is 10.2. The monoisotopic (exact) mass is 430 g/mol. The van der Waals surface area contributed by atoms with Crippen LogP contribution in [0.25, 0.3) is 0 Å². The molecule has 2 rings (SSSR count). The minimum absolute atomic E-state index is 0.119. The molecule has 0 spiro atoms. The third kappa shape index (κ3) is 6.27. The van der Waals surface area contributed by atoms with Gasteiger partial charge in [0, 0.05) is 17.1 Å². The zero-order chi connectivity index (χ0) is 17.5. The number of hydrogen-bond donors (Lipinski definition) is 3. The van der Waals surface area contributed by atoms with Crippen molar-refractivity contribution < 1.29 is 14.7 Å². The van der Waals surface area contributed by atoms with E-state index in [2.05, 4.69) is 31.4 Å². The van der Waals surface area contributed by atoms with Crippen molar-refractivity contribution in [3.63, 3.8) is 0 Å². The number of nitrogens with one attached hydrogen (secondary N) is 1. The van der Waals surface area contributed by atoms with Gasteiger partial charge in [-0.3, -0.25) is 15.0 Å². The third-order valence-electron chi connectivity index (χ3n) is 2.87. The molecule has 0 aliphatic carbocycles. The molecular weight excluding hydrogens is 416 g/mol. The SMILES string of the molecule is NC(CCC(=O)O)C(=O)SC1NN=C(N=Cc2ccc(Br)cc2)S1. The molecule has 0 saturated heterocycles. The number of nitrogens with zero attached hydrogens (tertiary/aromatic N) is 2. The fourth-order valence-corrected chi connectivity index (χ4v) is 3.76. The Morgan fingerprint density at radius 2 is 2.21 bits per heavy atom. The Labute approximate surface area is 155 Å². The quantitative estimate of drug-likeness (QED) is 0.592. The number of carboxylic acid groups (broad SMARTS) is 1. The second-order valence-electron chi connectivity index (χ2n) is 4.76. The van der Waals surface area contributed by atoms with E-state index in [1.807, 2.05) is 24.3 Å². The van der Waals surface area contributed by atoms with Crippen molar-refractivity contribution >= 4 is 61.9 Å². The van der Waals surface area contributed by atoms with E-state index >= 15 is 0 Å². The molecule has 4 N–H and O–H groups in total. The number of hydrogen-bond acceptors (Lipinski definition) is 8. The van der Waals surface area contributed by atoms with Crippen molar-refractivity contribution in [1.82, 2.24) is 5.43 Å². The average molecular weight is 431 g/mol. The summed E-state index contributed by atoms with van der Waals surface area (Å²) in [5, 5.41) is 12.9. The fraction of sp³-hybridized carbons (Fsp3) is 0.286. The number of amidine groups is 1. The molecule has 0 saturated carbocycles. The normalized spacial score (nSPS) is 18.2. The van der Waals surface area contributed by atoms with Gasteiger partial charge in [0.2, 0.25) is 10.3 Å². The molecule has 0 fully saturated rings. The predicted molar refractivity (Wildman–Crippen MR) is 101 cm³/mol. The van der Waals surface area contributed by atoms with Crippen molar-refractivity contribution in [2.75, 3.05) is 0 Å². The van der Waals surface area contributed by atoms with E-state index in [0.29, 0.717) is 5.17 Å². The molecule has 1 aromatic rings. The summed E-state index contributed by atoms with van der Waals surface area (Å²) in [4.78, 5) is 26.7. The van der Waals surface area contributed by atoms with Crippen LogP contribution in [0.1, 0.15) is 18.4 Å². The lowest BCUT2D eigenvalue weighted by Crippen LogP contribution is -2.31. The first kappa shape index (κ1) is 19.0. The maximum Gasteiger partial charge on any atom is 0.303 e. The van der Waals surface area contributed by atoms with Crippen LogP contribution in [0.2, 0.25) is 0 Å². The number of nitrogens with two attached hydrogens (primary N) is 1. The zero-order valence-corrected chi connectivity index (χ0v) is 15.6. The highest BCUT2D eigenvalue weighted by atomic mass is 79.9. The maximum atomic E-state index is 11.9. The van der Waals surface area contributed by atoms with Crippen LogP contribution in [-0.4, -0.2) is 38.3 Å². The molecule has 2 atom stereocenters. The molecular formula is C14H15BrN4O3S2. The van der Waals surface area contributed by atoms with Gasteiger partial charge < -0.3 is 10.8 Å². The van der Waals surface area contributed by atoms with Gasteiger partial charge in [0.25, 0.3) is 0 Å². The highest BCUT2D eigenvalue weighted by molar-refractivity contribution is 9.10. The Morgan fingerprint density at radius 1 is 1.50 bits per heavy atom. The topological polar surface area (TPSA) is 117 Å². The molecule has 1 heterocycles. The van der Waals surface area contributed by atoms with Crippen LogP contribution in [0.5, 0.6) is 0 Å². The van der Waals surface area contributed by atoms with Crippen LogP contribution in [-0.2, 0) is 9.59 Å². The summed E-state index contributed by atoms with van der Waals surface area (Å²) in [5.74, 6) is -0.968. The molecule has 10 heteroatoms. The summed E-state index contributed by atoms with van der Waals surface area (Å²) < 4.78 is 0.675. The summed E-state index contributed by atoms with van der Waals surface area (Å²) in [6, 6.07) is 6.86. The van der Waals surface area contributed by atoms with E-state index in [-0.39, 0.29) is 22.7 Å². The van der Waals surface area contributed by atoms with Crippen LogP contribution in [0, 0.1) is 0 Å². The Bertz CT molecular complexity index is 666. The molecule has 7 nitrogen and oxygen atoms in total. The second kappa shape index (κ2) is 9.21. The van der Waals surface area contributed by atoms with Crippen LogP contribution in [0.15, 0.2) is 38.8 Å². The maximum absolute atomic E-state index is 11.9. The van der Waals surface area contributed by atoms with Gasteiger partial charge in [-0.1, -0.05) is 28.1 Å². The van der Waals surface area contributed by atoms with E-state index in [9.17, 15) is 9.59 Å². The molecule has 0 aromatic heterocycles. The van der Waals surface area contributed by atoms with Gasteiger partial charge in [-0.25, -0.2) is 4.99 Å². The number of aliphatic carboxylic acids is 1. The van der Waals surface area contributed by atoms with Gasteiger partial charge in [0.05, 0.1) is 6.04 Å². The molecule has 1 aliphatic rings. The van der Waals surface area contributed by atoms with E-state index < -0.39 is 12.0 Å². The van der Waals surface area contributed by atoms with Gasteiger partial charge in [-0.15, -0.1) is 0 Å². The zero-order valence-electron chi connectivity index (χ0n) is 12.4. The molecule has 24 heavy (non-hydrogen) atoms. The first-order chi connectivity index (χ1) is 11.4. The Hall–Kier alpha value is -1.36. The first-order valence-corrected chi connectivity index (χ1v) is 9.46. The van der Waals surface area contributed by atoms with E-state index in [1.54, 1.807) is 6.21 Å². The number of rotatable bonds is 6. The number of benzene rings is 1. The number of carboxylic acids is 1. The van der Waals surface area contributed by atoms with Crippen LogP contribution in [0.4, 0.5) is 0 Å². The Morgan fingerprint density at radius 3 is 2.88 bits per heavy atom.